The molecule has 0 radical (unpaired) electrons. The highest BCUT2D eigenvalue weighted by Crippen LogP contribution is 2.11. The minimum absolute atomic E-state index is 0.169. The molecule has 1 heterocycles. The van der Waals surface area contributed by atoms with Gasteiger partial charge in [-0.3, -0.25) is 4.79 Å². The molecule has 0 saturated heterocycles. The molecule has 0 aliphatic heterocycles. The average molecular weight is 286 g/mol. The highest BCUT2D eigenvalue weighted by atomic mass is 79.9. The van der Waals surface area contributed by atoms with E-state index in [9.17, 15) is 4.79 Å². The van der Waals surface area contributed by atoms with Gasteiger partial charge in [-0.15, -0.1) is 0 Å². The normalized spacial score (nSPS) is 12.6. The number of rotatable bonds is 4. The van der Waals surface area contributed by atoms with Gasteiger partial charge < -0.3 is 11.1 Å². The Balaban J connectivity index is 2.54. The van der Waals surface area contributed by atoms with Crippen LogP contribution >= 0.6 is 15.9 Å². The van der Waals surface area contributed by atoms with Crippen LogP contribution in [0, 0.1) is 5.92 Å². The molecule has 5 heteroatoms. The SMILES string of the molecule is CC(C)C[C@H](N)C(=O)Nc1ccc(Br)nc1. The number of nitrogens with one attached hydrogen (secondary N) is 1. The maximum Gasteiger partial charge on any atom is 0.241 e. The van der Waals surface area contributed by atoms with Gasteiger partial charge in [0, 0.05) is 0 Å². The van der Waals surface area contributed by atoms with E-state index in [1.54, 1.807) is 18.3 Å². The molecule has 1 aromatic rings. The maximum absolute atomic E-state index is 11.7. The number of pyridine rings is 1. The molecule has 0 spiro atoms. The van der Waals surface area contributed by atoms with Gasteiger partial charge in [-0.1, -0.05) is 13.8 Å². The minimum Gasteiger partial charge on any atom is -0.323 e. The lowest BCUT2D eigenvalue weighted by atomic mass is 10.0. The van der Waals surface area contributed by atoms with Gasteiger partial charge in [-0.2, -0.15) is 0 Å². The first kappa shape index (κ1) is 13.1. The number of carbonyl (C=O) groups is 1. The predicted octanol–water partition coefficient (Wildman–Crippen LogP) is 2.16. The van der Waals surface area contributed by atoms with Crippen molar-refractivity contribution in [3.8, 4) is 0 Å². The second-order valence-corrected chi connectivity index (χ2v) is 4.91. The number of nitrogens with two attached hydrogens (primary N) is 1. The van der Waals surface area contributed by atoms with Gasteiger partial charge in [0.1, 0.15) is 4.60 Å². The Labute approximate surface area is 104 Å². The van der Waals surface area contributed by atoms with Crippen molar-refractivity contribution in [2.24, 2.45) is 11.7 Å². The molecule has 3 N–H and O–H groups in total. The standard InChI is InChI=1S/C11H16BrN3O/c1-7(2)5-9(13)11(16)15-8-3-4-10(12)14-6-8/h3-4,6-7,9H,5,13H2,1-2H3,(H,15,16)/t9-/m0/s1. The summed E-state index contributed by atoms with van der Waals surface area (Å²) in [7, 11) is 0. The largest absolute Gasteiger partial charge is 0.323 e. The summed E-state index contributed by atoms with van der Waals surface area (Å²) in [5.41, 5.74) is 6.41. The highest BCUT2D eigenvalue weighted by molar-refractivity contribution is 9.10. The van der Waals surface area contributed by atoms with E-state index >= 15 is 0 Å². The smallest absolute Gasteiger partial charge is 0.241 e. The van der Waals surface area contributed by atoms with Crippen LogP contribution in [0.15, 0.2) is 22.9 Å². The molecule has 1 rings (SSSR count). The van der Waals surface area contributed by atoms with Gasteiger partial charge >= 0.3 is 0 Å². The molecule has 1 atom stereocenters. The van der Waals surface area contributed by atoms with Crippen molar-refractivity contribution < 1.29 is 4.79 Å². The number of nitrogens with zero attached hydrogens (tertiary/aromatic N) is 1. The van der Waals surface area contributed by atoms with Crippen LogP contribution in [0.5, 0.6) is 0 Å². The van der Waals surface area contributed by atoms with Crippen molar-refractivity contribution >= 4 is 27.5 Å². The van der Waals surface area contributed by atoms with E-state index in [1.807, 2.05) is 13.8 Å². The van der Waals surface area contributed by atoms with E-state index in [4.69, 9.17) is 5.73 Å². The Morgan fingerprint density at radius 3 is 2.75 bits per heavy atom. The molecule has 0 aromatic carbocycles. The number of carbonyl (C=O) groups excluding carboxylic acids is 1. The van der Waals surface area contributed by atoms with E-state index in [1.165, 1.54) is 0 Å². The van der Waals surface area contributed by atoms with Gasteiger partial charge in [-0.25, -0.2) is 4.98 Å². The summed E-state index contributed by atoms with van der Waals surface area (Å²) in [4.78, 5) is 15.7. The number of hydrogen-bond donors (Lipinski definition) is 2. The Kier molecular flexibility index (Phi) is 4.89. The fourth-order valence-electron chi connectivity index (χ4n) is 1.30. The summed E-state index contributed by atoms with van der Waals surface area (Å²) in [5.74, 6) is 0.238. The number of hydrogen-bond acceptors (Lipinski definition) is 3. The van der Waals surface area contributed by atoms with Crippen molar-refractivity contribution in [2.75, 3.05) is 5.32 Å². The zero-order valence-corrected chi connectivity index (χ0v) is 11.0. The summed E-state index contributed by atoms with van der Waals surface area (Å²) in [6.45, 7) is 4.07. The van der Waals surface area contributed by atoms with Crippen LogP contribution in [0.25, 0.3) is 0 Å². The van der Waals surface area contributed by atoms with Crippen molar-refractivity contribution in [3.05, 3.63) is 22.9 Å². The molecule has 4 nitrogen and oxygen atoms in total. The summed E-state index contributed by atoms with van der Waals surface area (Å²) < 4.78 is 0.733. The summed E-state index contributed by atoms with van der Waals surface area (Å²) >= 11 is 3.22. The van der Waals surface area contributed by atoms with Gasteiger partial charge in [0.25, 0.3) is 0 Å². The van der Waals surface area contributed by atoms with Crippen LogP contribution in [0.4, 0.5) is 5.69 Å². The van der Waals surface area contributed by atoms with E-state index in [2.05, 4.69) is 26.2 Å². The van der Waals surface area contributed by atoms with Crippen molar-refractivity contribution in [3.63, 3.8) is 0 Å². The first-order chi connectivity index (χ1) is 7.49. The van der Waals surface area contributed by atoms with Crippen LogP contribution in [-0.4, -0.2) is 16.9 Å². The summed E-state index contributed by atoms with van der Waals surface area (Å²) in [5, 5.41) is 2.73. The first-order valence-corrected chi connectivity index (χ1v) is 5.96. The van der Waals surface area contributed by atoms with Crippen molar-refractivity contribution in [1.29, 1.82) is 0 Å². The zero-order chi connectivity index (χ0) is 12.1. The summed E-state index contributed by atoms with van der Waals surface area (Å²) in [6, 6.07) is 3.07. The summed E-state index contributed by atoms with van der Waals surface area (Å²) in [6.07, 6.45) is 2.26. The van der Waals surface area contributed by atoms with Crippen molar-refractivity contribution in [1.82, 2.24) is 4.98 Å². The maximum atomic E-state index is 11.7. The molecule has 88 valence electrons. The van der Waals surface area contributed by atoms with Gasteiger partial charge in [0.2, 0.25) is 5.91 Å². The molecule has 0 fully saturated rings. The van der Waals surface area contributed by atoms with Crippen molar-refractivity contribution in [2.45, 2.75) is 26.3 Å². The molecule has 0 aliphatic rings. The lowest BCUT2D eigenvalue weighted by molar-refractivity contribution is -0.117. The van der Waals surface area contributed by atoms with E-state index in [-0.39, 0.29) is 5.91 Å². The second-order valence-electron chi connectivity index (χ2n) is 4.09. The van der Waals surface area contributed by atoms with E-state index < -0.39 is 6.04 Å². The predicted molar refractivity (Wildman–Crippen MR) is 68.0 cm³/mol. The number of amides is 1. The lowest BCUT2D eigenvalue weighted by Gasteiger charge is -2.13. The lowest BCUT2D eigenvalue weighted by Crippen LogP contribution is -2.36. The molecule has 16 heavy (non-hydrogen) atoms. The van der Waals surface area contributed by atoms with Crippen LogP contribution in [-0.2, 0) is 4.79 Å². The monoisotopic (exact) mass is 285 g/mol. The van der Waals surface area contributed by atoms with Gasteiger partial charge in [-0.05, 0) is 40.4 Å². The Bertz CT molecular complexity index is 351. The Morgan fingerprint density at radius 2 is 2.25 bits per heavy atom. The average Bonchev–Trinajstić information content (AvgIpc) is 2.20. The molecule has 0 bridgehead atoms. The molecular weight excluding hydrogens is 270 g/mol. The van der Waals surface area contributed by atoms with E-state index in [0.717, 1.165) is 4.60 Å². The Morgan fingerprint density at radius 1 is 1.56 bits per heavy atom. The molecule has 1 aromatic heterocycles. The first-order valence-electron chi connectivity index (χ1n) is 5.17. The number of aromatic nitrogens is 1. The number of anilines is 1. The van der Waals surface area contributed by atoms with Crippen LogP contribution in [0.1, 0.15) is 20.3 Å². The van der Waals surface area contributed by atoms with Gasteiger partial charge in [0.15, 0.2) is 0 Å². The van der Waals surface area contributed by atoms with E-state index in [0.29, 0.717) is 18.0 Å². The third-order valence-corrected chi connectivity index (χ3v) is 2.53. The third-order valence-electron chi connectivity index (χ3n) is 2.06. The molecular formula is C11H16BrN3O. The number of halogens is 1. The Hall–Kier alpha value is -0.940. The highest BCUT2D eigenvalue weighted by Gasteiger charge is 2.14. The second kappa shape index (κ2) is 5.96. The fourth-order valence-corrected chi connectivity index (χ4v) is 1.53. The van der Waals surface area contributed by atoms with Crippen LogP contribution in [0.2, 0.25) is 0 Å². The minimum atomic E-state index is -0.469. The molecule has 0 unspecified atom stereocenters. The zero-order valence-electron chi connectivity index (χ0n) is 9.40. The molecule has 0 saturated carbocycles. The molecule has 1 amide bonds. The molecule has 0 aliphatic carbocycles. The van der Waals surface area contributed by atoms with Crippen LogP contribution in [0.3, 0.4) is 0 Å². The fraction of sp³-hybridized carbons (Fsp3) is 0.455. The van der Waals surface area contributed by atoms with Crippen LogP contribution < -0.4 is 11.1 Å². The quantitative estimate of drug-likeness (QED) is 0.833. The van der Waals surface area contributed by atoms with Gasteiger partial charge in [0.05, 0.1) is 17.9 Å². The third kappa shape index (κ3) is 4.28. The topological polar surface area (TPSA) is 68.0 Å².